The van der Waals surface area contributed by atoms with E-state index >= 15 is 0 Å². The Kier molecular flexibility index (Phi) is 5.15. The van der Waals surface area contributed by atoms with Gasteiger partial charge in [-0.2, -0.15) is 0 Å². The third-order valence-corrected chi connectivity index (χ3v) is 8.46. The van der Waals surface area contributed by atoms with Crippen molar-refractivity contribution in [2.24, 2.45) is 0 Å². The number of rotatable bonds is 5. The normalized spacial score (nSPS) is 15.1. The Hall–Kier alpha value is -4.76. The molecule has 0 amide bonds. The van der Waals surface area contributed by atoms with E-state index in [0.717, 1.165) is 55.6 Å². The van der Waals surface area contributed by atoms with Gasteiger partial charge in [0.25, 0.3) is 0 Å². The van der Waals surface area contributed by atoms with Crippen molar-refractivity contribution in [2.45, 2.75) is 11.2 Å². The van der Waals surface area contributed by atoms with Gasteiger partial charge in [0.15, 0.2) is 11.2 Å². The number of benzene rings is 6. The maximum absolute atomic E-state index is 7.09. The molecule has 0 aromatic heterocycles. The van der Waals surface area contributed by atoms with Crippen LogP contribution in [0.3, 0.4) is 0 Å². The van der Waals surface area contributed by atoms with E-state index in [9.17, 15) is 0 Å². The van der Waals surface area contributed by atoms with Gasteiger partial charge in [-0.1, -0.05) is 158 Å². The monoisotopic (exact) mass is 514 g/mol. The number of hydrogen-bond donors (Lipinski definition) is 0. The number of fused-ring (bicyclic) bond motifs is 6. The van der Waals surface area contributed by atoms with Crippen LogP contribution in [0.1, 0.15) is 33.4 Å². The minimum Gasteiger partial charge on any atom is -0.214 e. The van der Waals surface area contributed by atoms with Crippen LogP contribution >= 0.6 is 0 Å². The summed E-state index contributed by atoms with van der Waals surface area (Å²) in [4.78, 5) is 14.2. The third kappa shape index (κ3) is 3.06. The standard InChI is InChI=1S/C38H26O2/c1-3-15-27(16-4-1)37(33-23-11-7-19-29(33)30-20-8-12-24-34(30)37)39-40-38(28-17-5-2-6-18-28)35-25-13-9-21-31(35)32-22-10-14-26-36(32)38/h1-26H. The molecule has 0 saturated heterocycles. The minimum absolute atomic E-state index is 0.956. The first-order chi connectivity index (χ1) is 19.8. The molecule has 0 heterocycles. The first kappa shape index (κ1) is 23.2. The summed E-state index contributed by atoms with van der Waals surface area (Å²) >= 11 is 0. The van der Waals surface area contributed by atoms with Gasteiger partial charge in [0.05, 0.1) is 0 Å². The van der Waals surface area contributed by atoms with E-state index in [1.165, 1.54) is 0 Å². The lowest BCUT2D eigenvalue weighted by Crippen LogP contribution is -2.38. The lowest BCUT2D eigenvalue weighted by Gasteiger charge is -2.37. The summed E-state index contributed by atoms with van der Waals surface area (Å²) < 4.78 is 0. The predicted molar refractivity (Wildman–Crippen MR) is 159 cm³/mol. The molecule has 0 bridgehead atoms. The highest BCUT2D eigenvalue weighted by Gasteiger charge is 2.52. The van der Waals surface area contributed by atoms with E-state index in [4.69, 9.17) is 9.78 Å². The van der Waals surface area contributed by atoms with Crippen LogP contribution in [0.5, 0.6) is 0 Å². The summed E-state index contributed by atoms with van der Waals surface area (Å²) in [5.41, 5.74) is 9.07. The molecule has 6 aromatic carbocycles. The smallest absolute Gasteiger partial charge is 0.180 e. The Bertz CT molecular complexity index is 1630. The van der Waals surface area contributed by atoms with Gasteiger partial charge in [0.1, 0.15) is 0 Å². The quantitative estimate of drug-likeness (QED) is 0.169. The zero-order valence-corrected chi connectivity index (χ0v) is 21.8. The molecule has 0 saturated carbocycles. The molecule has 190 valence electrons. The van der Waals surface area contributed by atoms with Crippen LogP contribution in [0, 0.1) is 0 Å². The van der Waals surface area contributed by atoms with Crippen molar-refractivity contribution in [3.8, 4) is 22.3 Å². The molecule has 0 unspecified atom stereocenters. The topological polar surface area (TPSA) is 18.5 Å². The van der Waals surface area contributed by atoms with Crippen LogP contribution in [-0.4, -0.2) is 0 Å². The van der Waals surface area contributed by atoms with Crippen LogP contribution in [-0.2, 0) is 21.0 Å². The molecule has 6 aromatic rings. The van der Waals surface area contributed by atoms with E-state index < -0.39 is 11.2 Å². The van der Waals surface area contributed by atoms with E-state index in [-0.39, 0.29) is 0 Å². The van der Waals surface area contributed by atoms with Gasteiger partial charge in [0, 0.05) is 22.3 Å². The molecule has 0 N–H and O–H groups in total. The Balaban J connectivity index is 1.40. The lowest BCUT2D eigenvalue weighted by molar-refractivity contribution is -0.386. The van der Waals surface area contributed by atoms with Crippen LogP contribution in [0.4, 0.5) is 0 Å². The van der Waals surface area contributed by atoms with Gasteiger partial charge >= 0.3 is 0 Å². The highest BCUT2D eigenvalue weighted by atomic mass is 17.2. The van der Waals surface area contributed by atoms with Crippen molar-refractivity contribution in [2.75, 3.05) is 0 Å². The summed E-state index contributed by atoms with van der Waals surface area (Å²) in [7, 11) is 0. The van der Waals surface area contributed by atoms with Crippen LogP contribution in [0.15, 0.2) is 158 Å². The van der Waals surface area contributed by atoms with Gasteiger partial charge in [-0.15, -0.1) is 0 Å². The van der Waals surface area contributed by atoms with E-state index in [0.29, 0.717) is 0 Å². The maximum Gasteiger partial charge on any atom is 0.180 e. The Morgan fingerprint density at radius 3 is 0.825 bits per heavy atom. The van der Waals surface area contributed by atoms with Gasteiger partial charge in [-0.3, -0.25) is 0 Å². The summed E-state index contributed by atoms with van der Waals surface area (Å²) in [6.07, 6.45) is 0. The Morgan fingerprint density at radius 2 is 0.525 bits per heavy atom. The average molecular weight is 515 g/mol. The number of hydrogen-bond acceptors (Lipinski definition) is 2. The summed E-state index contributed by atoms with van der Waals surface area (Å²) in [5, 5.41) is 0. The second-order valence-corrected chi connectivity index (χ2v) is 10.4. The molecular formula is C38H26O2. The first-order valence-corrected chi connectivity index (χ1v) is 13.7. The molecule has 2 heteroatoms. The van der Waals surface area contributed by atoms with Gasteiger partial charge in [-0.25, -0.2) is 9.78 Å². The summed E-state index contributed by atoms with van der Waals surface area (Å²) in [6, 6.07) is 54.9. The van der Waals surface area contributed by atoms with E-state index in [2.05, 4.69) is 146 Å². The Morgan fingerprint density at radius 1 is 0.275 bits per heavy atom. The SMILES string of the molecule is c1ccc(C2(OOC3(c4ccccc4)c4ccccc4-c4ccccc43)c3ccccc3-c3ccccc32)cc1. The molecule has 0 fully saturated rings. The van der Waals surface area contributed by atoms with Crippen LogP contribution < -0.4 is 0 Å². The molecular weight excluding hydrogens is 488 g/mol. The molecule has 2 aliphatic rings. The van der Waals surface area contributed by atoms with Crippen LogP contribution in [0.25, 0.3) is 22.3 Å². The fraction of sp³-hybridized carbons (Fsp3) is 0.0526. The van der Waals surface area contributed by atoms with Crippen LogP contribution in [0.2, 0.25) is 0 Å². The fourth-order valence-corrected chi connectivity index (χ4v) is 6.76. The van der Waals surface area contributed by atoms with Crippen molar-refractivity contribution >= 4 is 0 Å². The van der Waals surface area contributed by atoms with Gasteiger partial charge in [-0.05, 0) is 33.4 Å². The second kappa shape index (κ2) is 8.89. The summed E-state index contributed by atoms with van der Waals surface area (Å²) in [5.74, 6) is 0. The third-order valence-electron chi connectivity index (χ3n) is 8.46. The lowest BCUT2D eigenvalue weighted by atomic mass is 9.83. The highest BCUT2D eigenvalue weighted by Crippen LogP contribution is 2.57. The van der Waals surface area contributed by atoms with Crippen molar-refractivity contribution in [1.29, 1.82) is 0 Å². The van der Waals surface area contributed by atoms with Crippen molar-refractivity contribution < 1.29 is 9.78 Å². The predicted octanol–water partition coefficient (Wildman–Crippen LogP) is 8.88. The van der Waals surface area contributed by atoms with E-state index in [1.807, 2.05) is 12.1 Å². The molecule has 2 aliphatic carbocycles. The zero-order chi connectivity index (χ0) is 26.6. The first-order valence-electron chi connectivity index (χ1n) is 13.7. The molecule has 0 radical (unpaired) electrons. The van der Waals surface area contributed by atoms with Crippen molar-refractivity contribution in [1.82, 2.24) is 0 Å². The molecule has 0 spiro atoms. The molecule has 0 aliphatic heterocycles. The summed E-state index contributed by atoms with van der Waals surface area (Å²) in [6.45, 7) is 0. The van der Waals surface area contributed by atoms with Crippen molar-refractivity contribution in [3.05, 3.63) is 191 Å². The van der Waals surface area contributed by atoms with Gasteiger partial charge < -0.3 is 0 Å². The Labute approximate surface area is 234 Å². The average Bonchev–Trinajstić information content (AvgIpc) is 3.50. The second-order valence-electron chi connectivity index (χ2n) is 10.4. The molecule has 2 nitrogen and oxygen atoms in total. The fourth-order valence-electron chi connectivity index (χ4n) is 6.76. The molecule has 0 atom stereocenters. The minimum atomic E-state index is -0.956. The highest BCUT2D eigenvalue weighted by molar-refractivity contribution is 5.83. The molecule has 40 heavy (non-hydrogen) atoms. The van der Waals surface area contributed by atoms with E-state index in [1.54, 1.807) is 0 Å². The van der Waals surface area contributed by atoms with Gasteiger partial charge in [0.2, 0.25) is 0 Å². The molecule has 8 rings (SSSR count). The zero-order valence-electron chi connectivity index (χ0n) is 21.8. The van der Waals surface area contributed by atoms with Crippen molar-refractivity contribution in [3.63, 3.8) is 0 Å². The largest absolute Gasteiger partial charge is 0.214 e. The maximum atomic E-state index is 7.09.